The minimum Gasteiger partial charge on any atom is -0.354 e. The number of carbonyl (C=O) groups excluding carboxylic acids is 2. The molecule has 2 aromatic heterocycles. The van der Waals surface area contributed by atoms with Crippen LogP contribution in [0.4, 0.5) is 0 Å². The maximum absolute atomic E-state index is 12.8. The van der Waals surface area contributed by atoms with Crippen LogP contribution in [0, 0.1) is 19.3 Å². The van der Waals surface area contributed by atoms with E-state index < -0.39 is 5.41 Å². The topological polar surface area (TPSA) is 85.0 Å². The predicted molar refractivity (Wildman–Crippen MR) is 105 cm³/mol. The molecule has 2 amide bonds. The second-order valence-electron chi connectivity index (χ2n) is 7.94. The average molecular weight is 387 g/mol. The van der Waals surface area contributed by atoms with Crippen molar-refractivity contribution in [2.75, 3.05) is 19.6 Å². The molecule has 0 aromatic carbocycles. The molecule has 3 rings (SSSR count). The first-order chi connectivity index (χ1) is 13.4. The Morgan fingerprint density at radius 1 is 1.29 bits per heavy atom. The molecule has 0 aliphatic carbocycles. The smallest absolute Gasteiger partial charge is 0.227 e. The van der Waals surface area contributed by atoms with Crippen molar-refractivity contribution in [3.8, 4) is 0 Å². The van der Waals surface area contributed by atoms with Crippen molar-refractivity contribution in [3.05, 3.63) is 36.2 Å². The highest BCUT2D eigenvalue weighted by Gasteiger charge is 2.38. The van der Waals surface area contributed by atoms with Crippen molar-refractivity contribution in [1.82, 2.24) is 29.5 Å². The highest BCUT2D eigenvalue weighted by atomic mass is 16.2. The molecule has 1 unspecified atom stereocenters. The Balaban J connectivity index is 1.49. The van der Waals surface area contributed by atoms with Crippen LogP contribution in [0.5, 0.6) is 0 Å². The van der Waals surface area contributed by atoms with Gasteiger partial charge in [-0.2, -0.15) is 5.10 Å². The summed E-state index contributed by atoms with van der Waals surface area (Å²) in [7, 11) is 0. The lowest BCUT2D eigenvalue weighted by molar-refractivity contribution is -0.140. The number of likely N-dealkylation sites (tertiary alicyclic amines) is 1. The van der Waals surface area contributed by atoms with Crippen LogP contribution < -0.4 is 5.32 Å². The summed E-state index contributed by atoms with van der Waals surface area (Å²) < 4.78 is 3.80. The highest BCUT2D eigenvalue weighted by Crippen LogP contribution is 2.30. The van der Waals surface area contributed by atoms with E-state index in [0.717, 1.165) is 30.8 Å². The van der Waals surface area contributed by atoms with Crippen molar-refractivity contribution in [2.24, 2.45) is 5.41 Å². The van der Waals surface area contributed by atoms with Crippen LogP contribution in [-0.2, 0) is 22.7 Å². The maximum atomic E-state index is 12.8. The van der Waals surface area contributed by atoms with E-state index in [4.69, 9.17) is 0 Å². The fourth-order valence-corrected chi connectivity index (χ4v) is 3.83. The number of aryl methyl sites for hydroxylation is 3. The summed E-state index contributed by atoms with van der Waals surface area (Å²) in [5.74, 6) is 0.108. The molecule has 1 N–H and O–H groups in total. The summed E-state index contributed by atoms with van der Waals surface area (Å²) in [6.45, 7) is 8.92. The Labute approximate surface area is 165 Å². The Bertz CT molecular complexity index is 813. The third kappa shape index (κ3) is 4.79. The van der Waals surface area contributed by atoms with Gasteiger partial charge in [-0.3, -0.25) is 14.3 Å². The number of piperidine rings is 1. The van der Waals surface area contributed by atoms with Crippen molar-refractivity contribution >= 4 is 11.8 Å². The van der Waals surface area contributed by atoms with Gasteiger partial charge in [-0.1, -0.05) is 0 Å². The van der Waals surface area contributed by atoms with Gasteiger partial charge in [-0.25, -0.2) is 4.98 Å². The van der Waals surface area contributed by atoms with Crippen LogP contribution in [0.2, 0.25) is 0 Å². The first kappa shape index (κ1) is 20.1. The largest absolute Gasteiger partial charge is 0.354 e. The molecule has 1 aliphatic heterocycles. The molecule has 3 heterocycles. The average Bonchev–Trinajstić information content (AvgIpc) is 3.29. The zero-order chi connectivity index (χ0) is 20.1. The summed E-state index contributed by atoms with van der Waals surface area (Å²) in [6.07, 6.45) is 7.33. The van der Waals surface area contributed by atoms with Gasteiger partial charge in [0.05, 0.1) is 24.0 Å². The minimum absolute atomic E-state index is 0.0149. The number of aromatic nitrogens is 4. The number of rotatable bonds is 7. The molecule has 0 radical (unpaired) electrons. The van der Waals surface area contributed by atoms with Gasteiger partial charge in [0.25, 0.3) is 0 Å². The lowest BCUT2D eigenvalue weighted by Gasteiger charge is -2.39. The number of nitrogens with zero attached hydrogens (tertiary/aromatic N) is 5. The van der Waals surface area contributed by atoms with Crippen LogP contribution >= 0.6 is 0 Å². The maximum Gasteiger partial charge on any atom is 0.227 e. The molecular weight excluding hydrogens is 356 g/mol. The molecule has 28 heavy (non-hydrogen) atoms. The van der Waals surface area contributed by atoms with Crippen molar-refractivity contribution in [1.29, 1.82) is 0 Å². The minimum atomic E-state index is -0.544. The number of amides is 2. The molecule has 0 spiro atoms. The van der Waals surface area contributed by atoms with E-state index >= 15 is 0 Å². The van der Waals surface area contributed by atoms with E-state index in [0.29, 0.717) is 32.6 Å². The van der Waals surface area contributed by atoms with Gasteiger partial charge in [-0.15, -0.1) is 0 Å². The van der Waals surface area contributed by atoms with Gasteiger partial charge in [0.1, 0.15) is 0 Å². The second-order valence-corrected chi connectivity index (χ2v) is 7.94. The van der Waals surface area contributed by atoms with E-state index in [1.807, 2.05) is 47.2 Å². The van der Waals surface area contributed by atoms with Gasteiger partial charge in [-0.05, 0) is 39.7 Å². The normalized spacial score (nSPS) is 19.6. The van der Waals surface area contributed by atoms with Crippen LogP contribution in [-0.4, -0.2) is 55.7 Å². The van der Waals surface area contributed by atoms with Gasteiger partial charge in [0, 0.05) is 50.7 Å². The number of hydrogen-bond donors (Lipinski definition) is 1. The molecule has 2 aromatic rings. The molecule has 1 saturated heterocycles. The molecule has 1 aliphatic rings. The van der Waals surface area contributed by atoms with Gasteiger partial charge in [0.15, 0.2) is 0 Å². The van der Waals surface area contributed by atoms with Gasteiger partial charge >= 0.3 is 0 Å². The zero-order valence-corrected chi connectivity index (χ0v) is 17.0. The molecule has 1 fully saturated rings. The molecule has 8 nitrogen and oxygen atoms in total. The van der Waals surface area contributed by atoms with Gasteiger partial charge < -0.3 is 14.8 Å². The van der Waals surface area contributed by atoms with Crippen LogP contribution in [0.3, 0.4) is 0 Å². The monoisotopic (exact) mass is 386 g/mol. The first-order valence-corrected chi connectivity index (χ1v) is 9.90. The highest BCUT2D eigenvalue weighted by molar-refractivity contribution is 5.84. The fourth-order valence-electron chi connectivity index (χ4n) is 3.83. The fraction of sp³-hybridized carbons (Fsp3) is 0.600. The van der Waals surface area contributed by atoms with Crippen molar-refractivity contribution in [2.45, 2.75) is 53.1 Å². The van der Waals surface area contributed by atoms with Gasteiger partial charge in [0.2, 0.25) is 11.8 Å². The Hall–Kier alpha value is -2.64. The third-order valence-corrected chi connectivity index (χ3v) is 5.45. The Kier molecular flexibility index (Phi) is 6.16. The van der Waals surface area contributed by atoms with E-state index in [1.165, 1.54) is 0 Å². The van der Waals surface area contributed by atoms with Crippen LogP contribution in [0.15, 0.2) is 24.8 Å². The van der Waals surface area contributed by atoms with Crippen molar-refractivity contribution < 1.29 is 9.59 Å². The first-order valence-electron chi connectivity index (χ1n) is 9.90. The second kappa shape index (κ2) is 8.58. The summed E-state index contributed by atoms with van der Waals surface area (Å²) in [5.41, 5.74) is 1.52. The van der Waals surface area contributed by atoms with Crippen molar-refractivity contribution in [3.63, 3.8) is 0 Å². The number of nitrogens with one attached hydrogen (secondary N) is 1. The van der Waals surface area contributed by atoms with Crippen LogP contribution in [0.25, 0.3) is 0 Å². The van der Waals surface area contributed by atoms with E-state index in [1.54, 1.807) is 12.5 Å². The molecule has 8 heteroatoms. The van der Waals surface area contributed by atoms with E-state index in [2.05, 4.69) is 15.4 Å². The SMILES string of the molecule is Cc1cc(C)n(CCNC(=O)C2(C)CCCN(C(=O)CCn3ccnc3)C2)n1. The summed E-state index contributed by atoms with van der Waals surface area (Å²) >= 11 is 0. The predicted octanol–water partition coefficient (Wildman–Crippen LogP) is 1.53. The summed E-state index contributed by atoms with van der Waals surface area (Å²) in [6, 6.07) is 2.03. The lowest BCUT2D eigenvalue weighted by atomic mass is 9.81. The third-order valence-electron chi connectivity index (χ3n) is 5.45. The number of carbonyl (C=O) groups is 2. The number of hydrogen-bond acceptors (Lipinski definition) is 4. The van der Waals surface area contributed by atoms with Crippen LogP contribution in [0.1, 0.15) is 37.6 Å². The standard InChI is InChI=1S/C20H30N6O2/c1-16-13-17(2)26(23-16)12-8-22-19(28)20(3)6-4-9-25(14-20)18(27)5-10-24-11-7-21-15-24/h7,11,13,15H,4-6,8-10,12,14H2,1-3H3,(H,22,28). The molecule has 1 atom stereocenters. The summed E-state index contributed by atoms with van der Waals surface area (Å²) in [5, 5.41) is 7.46. The molecule has 152 valence electrons. The number of imidazole rings is 1. The molecular formula is C20H30N6O2. The molecule has 0 saturated carbocycles. The quantitative estimate of drug-likeness (QED) is 0.782. The zero-order valence-electron chi connectivity index (χ0n) is 17.0. The Morgan fingerprint density at radius 2 is 2.11 bits per heavy atom. The lowest BCUT2D eigenvalue weighted by Crippen LogP contribution is -2.52. The molecule has 0 bridgehead atoms. The van der Waals surface area contributed by atoms with E-state index in [-0.39, 0.29) is 11.8 Å². The van der Waals surface area contributed by atoms with E-state index in [9.17, 15) is 9.59 Å². The Morgan fingerprint density at radius 3 is 2.79 bits per heavy atom. The summed E-state index contributed by atoms with van der Waals surface area (Å²) in [4.78, 5) is 31.2.